The number of aromatic nitrogens is 2. The van der Waals surface area contributed by atoms with Crippen LogP contribution in [0.25, 0.3) is 5.52 Å². The number of fused-ring (bicyclic) bond motifs is 1. The molecule has 29 heavy (non-hydrogen) atoms. The molecule has 1 aliphatic heterocycles. The quantitative estimate of drug-likeness (QED) is 0.634. The lowest BCUT2D eigenvalue weighted by Crippen LogP contribution is -2.50. The van der Waals surface area contributed by atoms with Crippen molar-refractivity contribution >= 4 is 23.3 Å². The van der Waals surface area contributed by atoms with Crippen molar-refractivity contribution in [1.29, 1.82) is 0 Å². The summed E-state index contributed by atoms with van der Waals surface area (Å²) in [6.07, 6.45) is 3.38. The van der Waals surface area contributed by atoms with Gasteiger partial charge in [0.05, 0.1) is 30.0 Å². The topological polar surface area (TPSA) is 84.2 Å². The molecular formula is C21H20N4O4. The van der Waals surface area contributed by atoms with Gasteiger partial charge in [0.2, 0.25) is 0 Å². The first-order chi connectivity index (χ1) is 14.1. The molecule has 2 aromatic heterocycles. The first-order valence-electron chi connectivity index (χ1n) is 9.28. The van der Waals surface area contributed by atoms with Gasteiger partial charge in [-0.1, -0.05) is 6.07 Å². The van der Waals surface area contributed by atoms with Gasteiger partial charge >= 0.3 is 5.97 Å². The number of carbonyl (C=O) groups is 3. The smallest absolute Gasteiger partial charge is 0.337 e. The second kappa shape index (κ2) is 7.75. The zero-order valence-electron chi connectivity index (χ0n) is 15.9. The zero-order valence-corrected chi connectivity index (χ0v) is 15.9. The maximum atomic E-state index is 12.9. The fraction of sp³-hybridized carbons (Fsp3) is 0.238. The fourth-order valence-corrected chi connectivity index (χ4v) is 3.43. The summed E-state index contributed by atoms with van der Waals surface area (Å²) < 4.78 is 6.34. The highest BCUT2D eigenvalue weighted by atomic mass is 16.5. The van der Waals surface area contributed by atoms with Gasteiger partial charge in [0.25, 0.3) is 11.8 Å². The van der Waals surface area contributed by atoms with Crippen LogP contribution in [0.5, 0.6) is 0 Å². The van der Waals surface area contributed by atoms with E-state index in [-0.39, 0.29) is 11.8 Å². The van der Waals surface area contributed by atoms with Gasteiger partial charge in [0, 0.05) is 37.9 Å². The van der Waals surface area contributed by atoms with Crippen molar-refractivity contribution in [2.75, 3.05) is 33.3 Å². The highest BCUT2D eigenvalue weighted by molar-refractivity contribution is 6.01. The predicted octanol–water partition coefficient (Wildman–Crippen LogP) is 1.72. The van der Waals surface area contributed by atoms with Gasteiger partial charge in [-0.2, -0.15) is 5.10 Å². The predicted molar refractivity (Wildman–Crippen MR) is 105 cm³/mol. The van der Waals surface area contributed by atoms with E-state index in [0.717, 1.165) is 5.52 Å². The van der Waals surface area contributed by atoms with Crippen LogP contribution in [-0.4, -0.2) is 70.5 Å². The molecule has 0 spiro atoms. The van der Waals surface area contributed by atoms with Gasteiger partial charge in [-0.05, 0) is 36.4 Å². The highest BCUT2D eigenvalue weighted by Gasteiger charge is 2.27. The van der Waals surface area contributed by atoms with Crippen LogP contribution >= 0.6 is 0 Å². The summed E-state index contributed by atoms with van der Waals surface area (Å²) in [5.74, 6) is -0.644. The van der Waals surface area contributed by atoms with Crippen molar-refractivity contribution in [3.8, 4) is 0 Å². The normalized spacial score (nSPS) is 14.1. The minimum absolute atomic E-state index is 0.0827. The van der Waals surface area contributed by atoms with E-state index < -0.39 is 5.97 Å². The third kappa shape index (κ3) is 3.56. The average Bonchev–Trinajstić information content (AvgIpc) is 3.22. The summed E-state index contributed by atoms with van der Waals surface area (Å²) in [5.41, 5.74) is 2.22. The molecule has 0 N–H and O–H groups in total. The van der Waals surface area contributed by atoms with E-state index in [4.69, 9.17) is 0 Å². The molecular weight excluding hydrogens is 372 g/mol. The number of amides is 2. The molecule has 2 amide bonds. The van der Waals surface area contributed by atoms with Crippen LogP contribution in [0.1, 0.15) is 31.1 Å². The van der Waals surface area contributed by atoms with Crippen LogP contribution in [0.4, 0.5) is 0 Å². The monoisotopic (exact) mass is 392 g/mol. The Labute approximate surface area is 167 Å². The van der Waals surface area contributed by atoms with E-state index in [1.807, 2.05) is 18.2 Å². The number of methoxy groups -OCH3 is 1. The Morgan fingerprint density at radius 3 is 2.14 bits per heavy atom. The van der Waals surface area contributed by atoms with E-state index >= 15 is 0 Å². The lowest BCUT2D eigenvalue weighted by Gasteiger charge is -2.34. The van der Waals surface area contributed by atoms with Crippen molar-refractivity contribution < 1.29 is 19.1 Å². The van der Waals surface area contributed by atoms with Crippen LogP contribution in [0.3, 0.4) is 0 Å². The number of esters is 1. The fourth-order valence-electron chi connectivity index (χ4n) is 3.43. The number of rotatable bonds is 3. The Kier molecular flexibility index (Phi) is 4.99. The molecule has 1 aliphatic rings. The molecule has 148 valence electrons. The second-order valence-corrected chi connectivity index (χ2v) is 6.74. The minimum atomic E-state index is -0.441. The number of benzene rings is 1. The van der Waals surface area contributed by atoms with E-state index in [2.05, 4.69) is 9.84 Å². The number of pyridine rings is 1. The van der Waals surface area contributed by atoms with Gasteiger partial charge in [-0.15, -0.1) is 0 Å². The summed E-state index contributed by atoms with van der Waals surface area (Å²) in [4.78, 5) is 40.6. The molecule has 0 aliphatic carbocycles. The molecule has 1 fully saturated rings. The Morgan fingerprint density at radius 2 is 1.48 bits per heavy atom. The molecule has 4 rings (SSSR count). The zero-order chi connectivity index (χ0) is 20.4. The molecule has 8 heteroatoms. The third-order valence-corrected chi connectivity index (χ3v) is 5.06. The number of piperazine rings is 1. The number of hydrogen-bond acceptors (Lipinski definition) is 5. The van der Waals surface area contributed by atoms with Crippen molar-refractivity contribution in [2.45, 2.75) is 0 Å². The average molecular weight is 392 g/mol. The summed E-state index contributed by atoms with van der Waals surface area (Å²) in [6, 6.07) is 12.0. The molecule has 8 nitrogen and oxygen atoms in total. The van der Waals surface area contributed by atoms with Crippen LogP contribution in [-0.2, 0) is 4.74 Å². The first-order valence-corrected chi connectivity index (χ1v) is 9.28. The number of carbonyl (C=O) groups excluding carboxylic acids is 3. The van der Waals surface area contributed by atoms with E-state index in [0.29, 0.717) is 42.9 Å². The maximum Gasteiger partial charge on any atom is 0.337 e. The Balaban J connectivity index is 1.40. The maximum absolute atomic E-state index is 12.9. The van der Waals surface area contributed by atoms with Gasteiger partial charge in [-0.25, -0.2) is 9.31 Å². The van der Waals surface area contributed by atoms with E-state index in [1.54, 1.807) is 51.0 Å². The molecule has 0 saturated carbocycles. The van der Waals surface area contributed by atoms with Crippen LogP contribution in [0, 0.1) is 0 Å². The van der Waals surface area contributed by atoms with Crippen molar-refractivity contribution in [1.82, 2.24) is 19.4 Å². The first kappa shape index (κ1) is 18.7. The highest BCUT2D eigenvalue weighted by Crippen LogP contribution is 2.16. The van der Waals surface area contributed by atoms with Gasteiger partial charge < -0.3 is 14.5 Å². The molecule has 0 unspecified atom stereocenters. The van der Waals surface area contributed by atoms with Crippen LogP contribution in [0.15, 0.2) is 54.9 Å². The molecule has 0 atom stereocenters. The van der Waals surface area contributed by atoms with E-state index in [9.17, 15) is 14.4 Å². The number of nitrogens with zero attached hydrogens (tertiary/aromatic N) is 4. The number of ether oxygens (including phenoxy) is 1. The molecule has 0 radical (unpaired) electrons. The third-order valence-electron chi connectivity index (χ3n) is 5.06. The summed E-state index contributed by atoms with van der Waals surface area (Å²) in [7, 11) is 1.31. The SMILES string of the molecule is COC(=O)c1ccc(C(=O)N2CCN(C(=O)c3cnn4ccccc34)CC2)cc1. The molecule has 3 aromatic rings. The Morgan fingerprint density at radius 1 is 0.862 bits per heavy atom. The van der Waals surface area contributed by atoms with Gasteiger partial charge in [0.15, 0.2) is 0 Å². The summed E-state index contributed by atoms with van der Waals surface area (Å²) >= 11 is 0. The molecule has 1 aromatic carbocycles. The van der Waals surface area contributed by atoms with Gasteiger partial charge in [0.1, 0.15) is 0 Å². The van der Waals surface area contributed by atoms with Crippen molar-refractivity contribution in [3.05, 3.63) is 71.5 Å². The largest absolute Gasteiger partial charge is 0.465 e. The van der Waals surface area contributed by atoms with Gasteiger partial charge in [-0.3, -0.25) is 9.59 Å². The Bertz CT molecular complexity index is 1070. The van der Waals surface area contributed by atoms with Crippen LogP contribution in [0.2, 0.25) is 0 Å². The van der Waals surface area contributed by atoms with Crippen LogP contribution < -0.4 is 0 Å². The Hall–Kier alpha value is -3.68. The summed E-state index contributed by atoms with van der Waals surface area (Å²) in [5, 5.41) is 4.21. The molecule has 3 heterocycles. The van der Waals surface area contributed by atoms with E-state index in [1.165, 1.54) is 7.11 Å². The summed E-state index contributed by atoms with van der Waals surface area (Å²) in [6.45, 7) is 1.80. The molecule has 1 saturated heterocycles. The number of hydrogen-bond donors (Lipinski definition) is 0. The second-order valence-electron chi connectivity index (χ2n) is 6.74. The van der Waals surface area contributed by atoms with Crippen molar-refractivity contribution in [3.63, 3.8) is 0 Å². The lowest BCUT2D eigenvalue weighted by atomic mass is 10.1. The van der Waals surface area contributed by atoms with Crippen molar-refractivity contribution in [2.24, 2.45) is 0 Å². The standard InChI is InChI=1S/C21H20N4O4/c1-29-21(28)16-7-5-15(6-8-16)19(26)23-10-12-24(13-11-23)20(27)17-14-22-25-9-3-2-4-18(17)25/h2-9,14H,10-13H2,1H3. The lowest BCUT2D eigenvalue weighted by molar-refractivity contribution is 0.0536. The minimum Gasteiger partial charge on any atom is -0.465 e. The molecule has 0 bridgehead atoms.